The summed E-state index contributed by atoms with van der Waals surface area (Å²) in [6.45, 7) is 8.48. The van der Waals surface area contributed by atoms with Gasteiger partial charge < -0.3 is 4.74 Å². The number of hydrogen-bond acceptors (Lipinski definition) is 2. The van der Waals surface area contributed by atoms with Gasteiger partial charge >= 0.3 is 5.97 Å². The molecule has 2 nitrogen and oxygen atoms in total. The summed E-state index contributed by atoms with van der Waals surface area (Å²) in [5.41, 5.74) is 0.614. The molecular formula is C12H22O2. The average Bonchev–Trinajstić information content (AvgIpc) is 2.20. The molecule has 0 fully saturated rings. The molecule has 0 rings (SSSR count). The summed E-state index contributed by atoms with van der Waals surface area (Å²) in [4.78, 5) is 11.3. The lowest BCUT2D eigenvalue weighted by Gasteiger charge is -2.05. The van der Waals surface area contributed by atoms with Gasteiger partial charge in [0.2, 0.25) is 0 Å². The highest BCUT2D eigenvalue weighted by Gasteiger charge is 2.06. The quantitative estimate of drug-likeness (QED) is 0.339. The van der Waals surface area contributed by atoms with Crippen molar-refractivity contribution in [3.63, 3.8) is 0 Å². The molecule has 0 aliphatic carbocycles. The van der Waals surface area contributed by atoms with Gasteiger partial charge in [-0.25, -0.2) is 4.79 Å². The third kappa shape index (κ3) is 6.70. The minimum absolute atomic E-state index is 0.213. The van der Waals surface area contributed by atoms with E-state index in [1.807, 2.05) is 0 Å². The van der Waals surface area contributed by atoms with Gasteiger partial charge in [0.1, 0.15) is 0 Å². The monoisotopic (exact) mass is 198 g/mol. The summed E-state index contributed by atoms with van der Waals surface area (Å²) in [7, 11) is 0. The number of rotatable bonds is 8. The molecule has 2 heteroatoms. The maximum atomic E-state index is 11.3. The van der Waals surface area contributed by atoms with Gasteiger partial charge in [-0.3, -0.25) is 0 Å². The molecule has 0 amide bonds. The summed E-state index contributed by atoms with van der Waals surface area (Å²) in [5.74, 6) is -0.213. The average molecular weight is 198 g/mol. The van der Waals surface area contributed by atoms with E-state index in [0.29, 0.717) is 12.2 Å². The summed E-state index contributed by atoms with van der Waals surface area (Å²) in [6, 6.07) is 0. The fraction of sp³-hybridized carbons (Fsp3) is 0.750. The zero-order chi connectivity index (χ0) is 10.8. The van der Waals surface area contributed by atoms with Crippen molar-refractivity contribution in [3.05, 3.63) is 12.2 Å². The minimum atomic E-state index is -0.213. The van der Waals surface area contributed by atoms with Gasteiger partial charge in [-0.15, -0.1) is 0 Å². The number of carbonyl (C=O) groups is 1. The van der Waals surface area contributed by atoms with E-state index in [1.54, 1.807) is 0 Å². The molecule has 82 valence electrons. The Balaban J connectivity index is 3.47. The summed E-state index contributed by atoms with van der Waals surface area (Å²) in [6.07, 6.45) is 6.10. The predicted octanol–water partition coefficient (Wildman–Crippen LogP) is 3.47. The van der Waals surface area contributed by atoms with Crippen LogP contribution in [-0.2, 0) is 9.53 Å². The highest BCUT2D eigenvalue weighted by atomic mass is 16.5. The van der Waals surface area contributed by atoms with E-state index in [9.17, 15) is 4.79 Å². The Morgan fingerprint density at radius 2 is 1.79 bits per heavy atom. The molecular weight excluding hydrogens is 176 g/mol. The van der Waals surface area contributed by atoms with E-state index in [1.165, 1.54) is 0 Å². The second kappa shape index (κ2) is 8.79. The first kappa shape index (κ1) is 13.2. The van der Waals surface area contributed by atoms with Gasteiger partial charge in [-0.1, -0.05) is 39.7 Å². The fourth-order valence-corrected chi connectivity index (χ4v) is 1.11. The molecule has 0 heterocycles. The van der Waals surface area contributed by atoms with Crippen LogP contribution < -0.4 is 0 Å². The third-order valence-electron chi connectivity index (χ3n) is 2.10. The highest BCUT2D eigenvalue weighted by Crippen LogP contribution is 2.07. The van der Waals surface area contributed by atoms with Crippen molar-refractivity contribution in [2.24, 2.45) is 0 Å². The van der Waals surface area contributed by atoms with Crippen LogP contribution in [0, 0.1) is 0 Å². The maximum absolute atomic E-state index is 11.3. The van der Waals surface area contributed by atoms with Crippen LogP contribution in [0.25, 0.3) is 0 Å². The Kier molecular flexibility index (Phi) is 8.30. The summed E-state index contributed by atoms with van der Waals surface area (Å²) >= 11 is 0. The lowest BCUT2D eigenvalue weighted by atomic mass is 10.1. The first-order valence-electron chi connectivity index (χ1n) is 5.57. The molecule has 0 spiro atoms. The Labute approximate surface area is 87.3 Å². The van der Waals surface area contributed by atoms with E-state index in [-0.39, 0.29) is 5.97 Å². The molecule has 14 heavy (non-hydrogen) atoms. The van der Waals surface area contributed by atoms with Crippen LogP contribution in [0.2, 0.25) is 0 Å². The predicted molar refractivity (Wildman–Crippen MR) is 59.1 cm³/mol. The molecule has 0 aromatic heterocycles. The highest BCUT2D eigenvalue weighted by molar-refractivity contribution is 5.87. The molecule has 0 saturated carbocycles. The van der Waals surface area contributed by atoms with Gasteiger partial charge in [0.05, 0.1) is 6.61 Å². The van der Waals surface area contributed by atoms with Gasteiger partial charge in [0, 0.05) is 5.57 Å². The fourth-order valence-electron chi connectivity index (χ4n) is 1.11. The molecule has 0 unspecified atom stereocenters. The Morgan fingerprint density at radius 1 is 1.14 bits per heavy atom. The second-order valence-corrected chi connectivity index (χ2v) is 3.55. The van der Waals surface area contributed by atoms with Crippen molar-refractivity contribution in [1.29, 1.82) is 0 Å². The number of carbonyl (C=O) groups excluding carboxylic acids is 1. The number of unbranched alkanes of at least 4 members (excludes halogenated alkanes) is 3. The minimum Gasteiger partial charge on any atom is -0.462 e. The normalized spacial score (nSPS) is 9.86. The van der Waals surface area contributed by atoms with Crippen LogP contribution in [-0.4, -0.2) is 12.6 Å². The molecule has 0 aliphatic rings. The smallest absolute Gasteiger partial charge is 0.333 e. The Morgan fingerprint density at radius 3 is 2.36 bits per heavy atom. The van der Waals surface area contributed by atoms with Crippen LogP contribution >= 0.6 is 0 Å². The van der Waals surface area contributed by atoms with Crippen molar-refractivity contribution in [2.45, 2.75) is 52.4 Å². The molecule has 0 atom stereocenters. The number of ether oxygens (including phenoxy) is 1. The SMILES string of the molecule is C=C(CCCC)C(=O)OCCCCC. The Hall–Kier alpha value is -0.790. The zero-order valence-corrected chi connectivity index (χ0v) is 9.47. The van der Waals surface area contributed by atoms with Crippen molar-refractivity contribution >= 4 is 5.97 Å². The standard InChI is InChI=1S/C12H22O2/c1-4-6-8-10-14-12(13)11(3)9-7-5-2/h3-10H2,1-2H3. The Bertz CT molecular complexity index is 173. The lowest BCUT2D eigenvalue weighted by Crippen LogP contribution is -2.08. The van der Waals surface area contributed by atoms with Crippen LogP contribution in [0.4, 0.5) is 0 Å². The molecule has 0 radical (unpaired) electrons. The largest absolute Gasteiger partial charge is 0.462 e. The summed E-state index contributed by atoms with van der Waals surface area (Å²) in [5, 5.41) is 0. The molecule has 0 N–H and O–H groups in total. The first-order chi connectivity index (χ1) is 6.72. The van der Waals surface area contributed by atoms with Gasteiger partial charge in [-0.05, 0) is 19.3 Å². The van der Waals surface area contributed by atoms with E-state index >= 15 is 0 Å². The van der Waals surface area contributed by atoms with Crippen LogP contribution in [0.1, 0.15) is 52.4 Å². The van der Waals surface area contributed by atoms with Crippen molar-refractivity contribution < 1.29 is 9.53 Å². The molecule has 0 aromatic rings. The van der Waals surface area contributed by atoms with Crippen LogP contribution in [0.15, 0.2) is 12.2 Å². The number of hydrogen-bond donors (Lipinski definition) is 0. The molecule has 0 aromatic carbocycles. The maximum Gasteiger partial charge on any atom is 0.333 e. The third-order valence-corrected chi connectivity index (χ3v) is 2.10. The van der Waals surface area contributed by atoms with E-state index in [4.69, 9.17) is 4.74 Å². The molecule has 0 bridgehead atoms. The zero-order valence-electron chi connectivity index (χ0n) is 9.47. The van der Waals surface area contributed by atoms with Gasteiger partial charge in [-0.2, -0.15) is 0 Å². The van der Waals surface area contributed by atoms with Gasteiger partial charge in [0.25, 0.3) is 0 Å². The van der Waals surface area contributed by atoms with Crippen molar-refractivity contribution in [3.8, 4) is 0 Å². The first-order valence-corrected chi connectivity index (χ1v) is 5.57. The van der Waals surface area contributed by atoms with E-state index < -0.39 is 0 Å². The van der Waals surface area contributed by atoms with E-state index in [0.717, 1.165) is 38.5 Å². The summed E-state index contributed by atoms with van der Waals surface area (Å²) < 4.78 is 5.06. The van der Waals surface area contributed by atoms with Crippen LogP contribution in [0.5, 0.6) is 0 Å². The van der Waals surface area contributed by atoms with Crippen molar-refractivity contribution in [2.75, 3.05) is 6.61 Å². The van der Waals surface area contributed by atoms with Crippen LogP contribution in [0.3, 0.4) is 0 Å². The topological polar surface area (TPSA) is 26.3 Å². The molecule has 0 aliphatic heterocycles. The van der Waals surface area contributed by atoms with E-state index in [2.05, 4.69) is 20.4 Å². The lowest BCUT2D eigenvalue weighted by molar-refractivity contribution is -0.139. The van der Waals surface area contributed by atoms with Crippen molar-refractivity contribution in [1.82, 2.24) is 0 Å². The van der Waals surface area contributed by atoms with Gasteiger partial charge in [0.15, 0.2) is 0 Å². The molecule has 0 saturated heterocycles. The second-order valence-electron chi connectivity index (χ2n) is 3.55. The number of esters is 1.